The third-order valence-corrected chi connectivity index (χ3v) is 2.78. The minimum Gasteiger partial charge on any atom is -0.361 e. The smallest absolute Gasteiger partial charge is 0.214 e. The van der Waals surface area contributed by atoms with Crippen molar-refractivity contribution in [1.29, 1.82) is 5.26 Å². The van der Waals surface area contributed by atoms with Gasteiger partial charge in [-0.2, -0.15) is 5.26 Å². The van der Waals surface area contributed by atoms with Gasteiger partial charge in [0.2, 0.25) is 6.04 Å². The number of nitrogens with zero attached hydrogens (tertiary/aromatic N) is 2. The predicted octanol–water partition coefficient (Wildman–Crippen LogP) is 2.25. The third-order valence-electron chi connectivity index (χ3n) is 2.78. The molecule has 1 aromatic carbocycles. The maximum absolute atomic E-state index is 10.6. The topological polar surface area (TPSA) is 82.7 Å². The summed E-state index contributed by atoms with van der Waals surface area (Å²) in [6, 6.07) is 6.82. The molecule has 2 aromatic rings. The van der Waals surface area contributed by atoms with Gasteiger partial charge in [0.25, 0.3) is 0 Å². The summed E-state index contributed by atoms with van der Waals surface area (Å²) < 4.78 is 0. The highest BCUT2D eigenvalue weighted by atomic mass is 16.6. The van der Waals surface area contributed by atoms with Crippen molar-refractivity contribution in [2.75, 3.05) is 0 Å². The van der Waals surface area contributed by atoms with Crippen LogP contribution in [-0.2, 0) is 6.42 Å². The van der Waals surface area contributed by atoms with Crippen LogP contribution in [0.3, 0.4) is 0 Å². The van der Waals surface area contributed by atoms with Crippen molar-refractivity contribution in [1.82, 2.24) is 4.98 Å². The summed E-state index contributed by atoms with van der Waals surface area (Å²) in [5.74, 6) is 0. The minimum atomic E-state index is -0.652. The second kappa shape index (κ2) is 4.26. The molecule has 17 heavy (non-hydrogen) atoms. The molecule has 0 aliphatic carbocycles. The number of fused-ring (bicyclic) bond motifs is 1. The number of benzene rings is 1. The Bertz CT molecular complexity index is 610. The average molecular weight is 229 g/mol. The first-order valence-corrected chi connectivity index (χ1v) is 5.26. The van der Waals surface area contributed by atoms with Gasteiger partial charge in [0, 0.05) is 35.4 Å². The number of aromatic nitrogens is 1. The van der Waals surface area contributed by atoms with E-state index in [1.54, 1.807) is 25.3 Å². The molecule has 86 valence electrons. The molecule has 5 heteroatoms. The van der Waals surface area contributed by atoms with Crippen LogP contribution in [0.15, 0.2) is 24.4 Å². The highest BCUT2D eigenvalue weighted by molar-refractivity contribution is 5.88. The van der Waals surface area contributed by atoms with Crippen LogP contribution in [0, 0.1) is 21.4 Å². The van der Waals surface area contributed by atoms with Gasteiger partial charge in [-0.1, -0.05) is 6.07 Å². The maximum atomic E-state index is 10.6. The highest BCUT2D eigenvalue weighted by Gasteiger charge is 2.17. The van der Waals surface area contributed by atoms with E-state index in [0.29, 0.717) is 12.0 Å². The second-order valence-corrected chi connectivity index (χ2v) is 3.99. The molecule has 2 rings (SSSR count). The summed E-state index contributed by atoms with van der Waals surface area (Å²) in [5, 5.41) is 20.5. The first kappa shape index (κ1) is 11.1. The molecule has 0 amide bonds. The van der Waals surface area contributed by atoms with Gasteiger partial charge in [-0.25, -0.2) is 0 Å². The van der Waals surface area contributed by atoms with Crippen LogP contribution in [0.5, 0.6) is 0 Å². The molecular weight excluding hydrogens is 218 g/mol. The van der Waals surface area contributed by atoms with Gasteiger partial charge >= 0.3 is 0 Å². The van der Waals surface area contributed by atoms with E-state index in [1.807, 2.05) is 6.07 Å². The molecule has 0 saturated carbocycles. The van der Waals surface area contributed by atoms with E-state index < -0.39 is 6.04 Å². The van der Waals surface area contributed by atoms with Crippen molar-refractivity contribution < 1.29 is 4.92 Å². The fourth-order valence-electron chi connectivity index (χ4n) is 1.90. The number of H-pyrrole nitrogens is 1. The van der Waals surface area contributed by atoms with Crippen molar-refractivity contribution in [2.24, 2.45) is 0 Å². The summed E-state index contributed by atoms with van der Waals surface area (Å²) >= 11 is 0. The minimum absolute atomic E-state index is 0.312. The van der Waals surface area contributed by atoms with E-state index in [9.17, 15) is 10.1 Å². The summed E-state index contributed by atoms with van der Waals surface area (Å²) in [6.07, 6.45) is 2.07. The molecule has 0 fully saturated rings. The monoisotopic (exact) mass is 229 g/mol. The van der Waals surface area contributed by atoms with Crippen LogP contribution in [0.1, 0.15) is 18.1 Å². The molecule has 1 N–H and O–H groups in total. The van der Waals surface area contributed by atoms with E-state index in [0.717, 1.165) is 16.5 Å². The number of hydrogen-bond acceptors (Lipinski definition) is 3. The first-order chi connectivity index (χ1) is 8.13. The van der Waals surface area contributed by atoms with Gasteiger partial charge in [-0.3, -0.25) is 10.1 Å². The van der Waals surface area contributed by atoms with E-state index in [-0.39, 0.29) is 4.92 Å². The Labute approximate surface area is 97.8 Å². The van der Waals surface area contributed by atoms with Crippen LogP contribution >= 0.6 is 0 Å². The van der Waals surface area contributed by atoms with Gasteiger partial charge < -0.3 is 4.98 Å². The van der Waals surface area contributed by atoms with Crippen LogP contribution in [0.4, 0.5) is 0 Å². The largest absolute Gasteiger partial charge is 0.361 e. The van der Waals surface area contributed by atoms with Crippen molar-refractivity contribution in [2.45, 2.75) is 19.4 Å². The van der Waals surface area contributed by atoms with Crippen LogP contribution < -0.4 is 0 Å². The number of nitrogens with one attached hydrogen (secondary N) is 1. The summed E-state index contributed by atoms with van der Waals surface area (Å²) in [7, 11) is 0. The quantitative estimate of drug-likeness (QED) is 0.647. The SMILES string of the molecule is CC(Cc1c[nH]c2cccc(C#N)c12)[N+](=O)[O-]. The standard InChI is InChI=1S/C12H11N3O2/c1-8(15(16)17)5-10-7-14-11-4-2-3-9(6-13)12(10)11/h2-4,7-8,14H,5H2,1H3. The van der Waals surface area contributed by atoms with E-state index in [2.05, 4.69) is 11.1 Å². The summed E-state index contributed by atoms with van der Waals surface area (Å²) in [4.78, 5) is 13.4. The number of rotatable bonds is 3. The second-order valence-electron chi connectivity index (χ2n) is 3.99. The molecule has 0 radical (unpaired) electrons. The van der Waals surface area contributed by atoms with Crippen molar-refractivity contribution in [3.05, 3.63) is 45.6 Å². The molecule has 5 nitrogen and oxygen atoms in total. The lowest BCUT2D eigenvalue weighted by Gasteiger charge is -2.03. The Morgan fingerprint density at radius 2 is 2.35 bits per heavy atom. The summed E-state index contributed by atoms with van der Waals surface area (Å²) in [5.41, 5.74) is 2.21. The Hall–Kier alpha value is -2.35. The van der Waals surface area contributed by atoms with Crippen molar-refractivity contribution in [3.8, 4) is 6.07 Å². The zero-order valence-corrected chi connectivity index (χ0v) is 9.30. The van der Waals surface area contributed by atoms with Gasteiger partial charge in [-0.05, 0) is 17.7 Å². The van der Waals surface area contributed by atoms with Crippen LogP contribution in [0.2, 0.25) is 0 Å². The lowest BCUT2D eigenvalue weighted by molar-refractivity contribution is -0.517. The number of nitro groups is 1. The number of hydrogen-bond donors (Lipinski definition) is 1. The van der Waals surface area contributed by atoms with E-state index >= 15 is 0 Å². The van der Waals surface area contributed by atoms with E-state index in [1.165, 1.54) is 0 Å². The van der Waals surface area contributed by atoms with Gasteiger partial charge in [0.15, 0.2) is 0 Å². The third kappa shape index (κ3) is 1.97. The van der Waals surface area contributed by atoms with Crippen molar-refractivity contribution >= 4 is 10.9 Å². The fraction of sp³-hybridized carbons (Fsp3) is 0.250. The van der Waals surface area contributed by atoms with Crippen molar-refractivity contribution in [3.63, 3.8) is 0 Å². The summed E-state index contributed by atoms with van der Waals surface area (Å²) in [6.45, 7) is 1.56. The number of nitriles is 1. The Morgan fingerprint density at radius 1 is 1.59 bits per heavy atom. The molecule has 1 aromatic heterocycles. The lowest BCUT2D eigenvalue weighted by Crippen LogP contribution is -2.17. The molecule has 0 bridgehead atoms. The van der Waals surface area contributed by atoms with Crippen LogP contribution in [0.25, 0.3) is 10.9 Å². The predicted molar refractivity (Wildman–Crippen MR) is 63.2 cm³/mol. The molecular formula is C12H11N3O2. The zero-order valence-electron chi connectivity index (χ0n) is 9.30. The van der Waals surface area contributed by atoms with E-state index in [4.69, 9.17) is 5.26 Å². The number of aromatic amines is 1. The molecule has 1 atom stereocenters. The Balaban J connectivity index is 2.49. The highest BCUT2D eigenvalue weighted by Crippen LogP contribution is 2.23. The molecule has 0 aliphatic rings. The molecule has 0 spiro atoms. The molecule has 1 unspecified atom stereocenters. The molecule has 0 saturated heterocycles. The lowest BCUT2D eigenvalue weighted by atomic mass is 10.0. The Kier molecular flexibility index (Phi) is 2.79. The van der Waals surface area contributed by atoms with Gasteiger partial charge in [0.05, 0.1) is 11.6 Å². The van der Waals surface area contributed by atoms with Crippen LogP contribution in [-0.4, -0.2) is 15.9 Å². The van der Waals surface area contributed by atoms with Gasteiger partial charge in [0.1, 0.15) is 0 Å². The normalized spacial score (nSPS) is 12.2. The maximum Gasteiger partial charge on any atom is 0.214 e. The van der Waals surface area contributed by atoms with Gasteiger partial charge in [-0.15, -0.1) is 0 Å². The fourth-order valence-corrected chi connectivity index (χ4v) is 1.90. The first-order valence-electron chi connectivity index (χ1n) is 5.26. The Morgan fingerprint density at radius 3 is 3.00 bits per heavy atom. The average Bonchev–Trinajstić information content (AvgIpc) is 2.72. The molecule has 0 aliphatic heterocycles. The zero-order chi connectivity index (χ0) is 12.4. The molecule has 1 heterocycles.